The maximum Gasteiger partial charge on any atom is 0.222 e. The normalized spacial score (nSPS) is 13.6. The third kappa shape index (κ3) is 7.65. The molecule has 0 aromatic carbocycles. The molecule has 0 aromatic heterocycles. The van der Waals surface area contributed by atoms with Crippen molar-refractivity contribution in [2.45, 2.75) is 40.2 Å². The average Bonchev–Trinajstić information content (AvgIpc) is 2.16. The molecule has 0 saturated heterocycles. The predicted molar refractivity (Wildman–Crippen MR) is 64.4 cm³/mol. The Kier molecular flexibility index (Phi) is 7.34. The van der Waals surface area contributed by atoms with Crippen LogP contribution >= 0.6 is 0 Å². The summed E-state index contributed by atoms with van der Waals surface area (Å²) >= 11 is 0. The molecular weight excluding hydrogens is 206 g/mol. The van der Waals surface area contributed by atoms with Crippen molar-refractivity contribution in [3.8, 4) is 0 Å². The van der Waals surface area contributed by atoms with E-state index in [1.807, 2.05) is 6.92 Å². The minimum absolute atomic E-state index is 0.0415. The predicted octanol–water partition coefficient (Wildman–Crippen LogP) is 1.59. The number of methoxy groups -OCH3 is 1. The van der Waals surface area contributed by atoms with Gasteiger partial charge in [0.15, 0.2) is 0 Å². The van der Waals surface area contributed by atoms with Crippen LogP contribution in [-0.4, -0.2) is 38.9 Å². The van der Waals surface area contributed by atoms with Gasteiger partial charge in [-0.05, 0) is 12.3 Å². The molecule has 0 radical (unpaired) electrons. The minimum atomic E-state index is 0.0415. The molecule has 1 amide bonds. The summed E-state index contributed by atoms with van der Waals surface area (Å²) in [6.45, 7) is 9.89. The van der Waals surface area contributed by atoms with Crippen LogP contribution in [0.25, 0.3) is 0 Å². The van der Waals surface area contributed by atoms with Gasteiger partial charge in [-0.1, -0.05) is 20.8 Å². The molecule has 0 aliphatic heterocycles. The fourth-order valence-electron chi connectivity index (χ4n) is 0.939. The fourth-order valence-corrected chi connectivity index (χ4v) is 0.939. The van der Waals surface area contributed by atoms with E-state index in [-0.39, 0.29) is 17.4 Å². The molecule has 0 unspecified atom stereocenters. The van der Waals surface area contributed by atoms with Crippen LogP contribution in [0.1, 0.15) is 34.1 Å². The van der Waals surface area contributed by atoms with Crippen molar-refractivity contribution in [3.05, 3.63) is 0 Å². The molecule has 0 rings (SSSR count). The van der Waals surface area contributed by atoms with E-state index in [4.69, 9.17) is 9.47 Å². The largest absolute Gasteiger partial charge is 0.382 e. The molecule has 0 fully saturated rings. The number of carbonyl (C=O) groups is 1. The molecule has 0 spiro atoms. The number of rotatable bonds is 7. The first kappa shape index (κ1) is 15.4. The van der Waals surface area contributed by atoms with Crippen molar-refractivity contribution in [2.24, 2.45) is 5.41 Å². The van der Waals surface area contributed by atoms with Gasteiger partial charge in [-0.2, -0.15) is 0 Å². The highest BCUT2D eigenvalue weighted by atomic mass is 16.5. The van der Waals surface area contributed by atoms with Crippen LogP contribution < -0.4 is 5.32 Å². The van der Waals surface area contributed by atoms with Gasteiger partial charge >= 0.3 is 0 Å². The third-order valence-corrected chi connectivity index (χ3v) is 2.58. The molecule has 0 bridgehead atoms. The summed E-state index contributed by atoms with van der Waals surface area (Å²) in [5.41, 5.74) is 0.0898. The molecular formula is C12H25NO3. The molecule has 4 nitrogen and oxygen atoms in total. The lowest BCUT2D eigenvalue weighted by Gasteiger charge is -2.28. The Balaban J connectivity index is 3.59. The lowest BCUT2D eigenvalue weighted by molar-refractivity contribution is -0.123. The zero-order valence-corrected chi connectivity index (χ0v) is 11.1. The van der Waals surface area contributed by atoms with Crippen LogP contribution in [0.3, 0.4) is 0 Å². The number of ether oxygens (including phenoxy) is 2. The van der Waals surface area contributed by atoms with E-state index in [9.17, 15) is 4.79 Å². The maximum atomic E-state index is 11.5. The van der Waals surface area contributed by atoms with Gasteiger partial charge in [-0.15, -0.1) is 0 Å². The van der Waals surface area contributed by atoms with Crippen molar-refractivity contribution >= 4 is 5.91 Å². The van der Waals surface area contributed by atoms with E-state index in [1.54, 1.807) is 7.11 Å². The van der Waals surface area contributed by atoms with Gasteiger partial charge in [0.05, 0.1) is 19.8 Å². The zero-order valence-electron chi connectivity index (χ0n) is 11.1. The lowest BCUT2D eigenvalue weighted by Crippen LogP contribution is -2.41. The van der Waals surface area contributed by atoms with Gasteiger partial charge in [-0.3, -0.25) is 4.79 Å². The van der Waals surface area contributed by atoms with Crippen molar-refractivity contribution in [2.75, 3.05) is 26.9 Å². The second-order valence-electron chi connectivity index (χ2n) is 5.01. The van der Waals surface area contributed by atoms with E-state index < -0.39 is 0 Å². The first-order valence-electron chi connectivity index (χ1n) is 5.74. The van der Waals surface area contributed by atoms with Crippen LogP contribution in [0.2, 0.25) is 0 Å². The molecule has 16 heavy (non-hydrogen) atoms. The van der Waals surface area contributed by atoms with Gasteiger partial charge in [0, 0.05) is 19.6 Å². The van der Waals surface area contributed by atoms with Crippen LogP contribution in [0, 0.1) is 5.41 Å². The Bertz CT molecular complexity index is 199. The summed E-state index contributed by atoms with van der Waals surface area (Å²) in [4.78, 5) is 11.5. The lowest BCUT2D eigenvalue weighted by atomic mass is 9.88. The topological polar surface area (TPSA) is 47.6 Å². The second kappa shape index (κ2) is 7.63. The smallest absolute Gasteiger partial charge is 0.222 e. The highest BCUT2D eigenvalue weighted by Crippen LogP contribution is 2.18. The minimum Gasteiger partial charge on any atom is -0.382 e. The van der Waals surface area contributed by atoms with Crippen molar-refractivity contribution in [1.29, 1.82) is 0 Å². The zero-order chi connectivity index (χ0) is 12.6. The van der Waals surface area contributed by atoms with E-state index in [0.29, 0.717) is 26.2 Å². The van der Waals surface area contributed by atoms with Crippen molar-refractivity contribution < 1.29 is 14.3 Å². The Hall–Kier alpha value is -0.610. The SMILES string of the molecule is COCCOCCC(=O)N[C@H](C)C(C)(C)C. The number of nitrogens with one attached hydrogen (secondary N) is 1. The summed E-state index contributed by atoms with van der Waals surface area (Å²) in [5, 5.41) is 2.96. The first-order valence-corrected chi connectivity index (χ1v) is 5.74. The Morgan fingerprint density at radius 2 is 1.88 bits per heavy atom. The van der Waals surface area contributed by atoms with Crippen molar-refractivity contribution in [3.63, 3.8) is 0 Å². The summed E-state index contributed by atoms with van der Waals surface area (Å²) < 4.78 is 10.1. The summed E-state index contributed by atoms with van der Waals surface area (Å²) in [6, 6.07) is 0.166. The van der Waals surface area contributed by atoms with E-state index in [2.05, 4.69) is 26.1 Å². The number of hydrogen-bond acceptors (Lipinski definition) is 3. The Morgan fingerprint density at radius 3 is 2.38 bits per heavy atom. The van der Waals surface area contributed by atoms with Gasteiger partial charge < -0.3 is 14.8 Å². The Morgan fingerprint density at radius 1 is 1.25 bits per heavy atom. The fraction of sp³-hybridized carbons (Fsp3) is 0.917. The second-order valence-corrected chi connectivity index (χ2v) is 5.01. The van der Waals surface area contributed by atoms with Crippen LogP contribution in [-0.2, 0) is 14.3 Å². The molecule has 0 heterocycles. The highest BCUT2D eigenvalue weighted by molar-refractivity contribution is 5.76. The van der Waals surface area contributed by atoms with Crippen LogP contribution in [0.15, 0.2) is 0 Å². The standard InChI is InChI=1S/C12H25NO3/c1-10(12(2,3)4)13-11(14)6-7-16-9-8-15-5/h10H,6-9H2,1-5H3,(H,13,14)/t10-/m1/s1. The summed E-state index contributed by atoms with van der Waals surface area (Å²) in [5.74, 6) is 0.0415. The van der Waals surface area contributed by atoms with Crippen LogP contribution in [0.4, 0.5) is 0 Å². The molecule has 0 aliphatic carbocycles. The van der Waals surface area contributed by atoms with E-state index in [1.165, 1.54) is 0 Å². The summed E-state index contributed by atoms with van der Waals surface area (Å²) in [6.07, 6.45) is 0.407. The van der Waals surface area contributed by atoms with E-state index in [0.717, 1.165) is 0 Å². The molecule has 0 aromatic rings. The van der Waals surface area contributed by atoms with Gasteiger partial charge in [0.1, 0.15) is 0 Å². The van der Waals surface area contributed by atoms with Gasteiger partial charge in [-0.25, -0.2) is 0 Å². The molecule has 0 saturated carbocycles. The number of hydrogen-bond donors (Lipinski definition) is 1. The highest BCUT2D eigenvalue weighted by Gasteiger charge is 2.21. The molecule has 4 heteroatoms. The average molecular weight is 231 g/mol. The monoisotopic (exact) mass is 231 g/mol. The van der Waals surface area contributed by atoms with Gasteiger partial charge in [0.2, 0.25) is 5.91 Å². The van der Waals surface area contributed by atoms with Crippen LogP contribution in [0.5, 0.6) is 0 Å². The molecule has 1 N–H and O–H groups in total. The molecule has 96 valence electrons. The van der Waals surface area contributed by atoms with Gasteiger partial charge in [0.25, 0.3) is 0 Å². The summed E-state index contributed by atoms with van der Waals surface area (Å²) in [7, 11) is 1.63. The molecule has 1 atom stereocenters. The quantitative estimate of drug-likeness (QED) is 0.677. The first-order chi connectivity index (χ1) is 7.38. The third-order valence-electron chi connectivity index (χ3n) is 2.58. The number of carbonyl (C=O) groups excluding carboxylic acids is 1. The molecule has 0 aliphatic rings. The van der Waals surface area contributed by atoms with Crippen molar-refractivity contribution in [1.82, 2.24) is 5.32 Å². The maximum absolute atomic E-state index is 11.5. The number of amides is 1. The van der Waals surface area contributed by atoms with E-state index >= 15 is 0 Å². The Labute approximate surface area is 98.7 Å².